The Balaban J connectivity index is 1.35. The Hall–Kier alpha value is -3.96. The van der Waals surface area contributed by atoms with Crippen molar-refractivity contribution in [3.63, 3.8) is 0 Å². The number of hydrogen-bond donors (Lipinski definition) is 0. The number of carbonyl (C=O) groups is 1. The predicted molar refractivity (Wildman–Crippen MR) is 179 cm³/mol. The molecule has 1 amide bonds. The zero-order chi connectivity index (χ0) is 34.0. The van der Waals surface area contributed by atoms with Crippen LogP contribution in [-0.2, 0) is 36.0 Å². The summed E-state index contributed by atoms with van der Waals surface area (Å²) in [6.07, 6.45) is -0.257. The molecule has 1 atom stereocenters. The number of nitrogens with zero attached hydrogens (tertiary/aromatic N) is 4. The van der Waals surface area contributed by atoms with E-state index >= 15 is 0 Å². The van der Waals surface area contributed by atoms with Crippen molar-refractivity contribution in [3.05, 3.63) is 117 Å². The number of halogens is 4. The Kier molecular flexibility index (Phi) is 10.1. The minimum atomic E-state index is -4.40. The number of fused-ring (bicyclic) bond motifs is 1. The van der Waals surface area contributed by atoms with Crippen LogP contribution < -0.4 is 5.56 Å². The lowest BCUT2D eigenvalue weighted by molar-refractivity contribution is -0.138. The summed E-state index contributed by atoms with van der Waals surface area (Å²) in [6.45, 7) is 1.25. The minimum Gasteiger partial charge on any atom is -0.341 e. The van der Waals surface area contributed by atoms with E-state index in [2.05, 4.69) is 24.0 Å². The highest BCUT2D eigenvalue weighted by molar-refractivity contribution is 7.98. The van der Waals surface area contributed by atoms with Crippen LogP contribution in [0.1, 0.15) is 53.3 Å². The van der Waals surface area contributed by atoms with Gasteiger partial charge >= 0.3 is 6.18 Å². The molecule has 0 N–H and O–H groups in total. The molecule has 1 saturated heterocycles. The number of likely N-dealkylation sites (tertiary alicyclic amines) is 1. The first-order valence-corrected chi connectivity index (χ1v) is 17.2. The second-order valence-electron chi connectivity index (χ2n) is 12.8. The largest absolute Gasteiger partial charge is 0.416 e. The van der Waals surface area contributed by atoms with Crippen molar-refractivity contribution in [2.24, 2.45) is 0 Å². The van der Waals surface area contributed by atoms with E-state index in [0.29, 0.717) is 60.4 Å². The summed E-state index contributed by atoms with van der Waals surface area (Å²) >= 11 is 1.37. The second-order valence-corrected chi connectivity index (χ2v) is 13.7. The third-order valence-corrected chi connectivity index (χ3v) is 10.5. The highest BCUT2D eigenvalue weighted by Gasteiger charge is 2.35. The third kappa shape index (κ3) is 7.52. The number of piperidine rings is 1. The van der Waals surface area contributed by atoms with Crippen molar-refractivity contribution >= 4 is 17.7 Å². The molecule has 48 heavy (non-hydrogen) atoms. The highest BCUT2D eigenvalue weighted by Crippen LogP contribution is 2.34. The zero-order valence-electron chi connectivity index (χ0n) is 27.0. The Morgan fingerprint density at radius 2 is 1.52 bits per heavy atom. The van der Waals surface area contributed by atoms with Crippen LogP contribution in [0.2, 0.25) is 0 Å². The molecule has 3 aromatic carbocycles. The van der Waals surface area contributed by atoms with Gasteiger partial charge in [-0.2, -0.15) is 18.2 Å². The maximum atomic E-state index is 14.6. The average molecular weight is 679 g/mol. The molecule has 2 aliphatic rings. The molecule has 252 valence electrons. The van der Waals surface area contributed by atoms with Gasteiger partial charge < -0.3 is 14.4 Å². The molecule has 4 aromatic rings. The molecule has 1 fully saturated rings. The van der Waals surface area contributed by atoms with Crippen molar-refractivity contribution in [1.82, 2.24) is 19.4 Å². The minimum absolute atomic E-state index is 0.0257. The SMILES string of the molecule is CN(C)C1CCN(C(=O)C(Cc2ccc(-c3ccc(C(F)(F)F)cc3)cc2)n2c(SCc3ccc(F)cc3)nc(=O)c3c2CCC3)CC1. The average Bonchev–Trinajstić information content (AvgIpc) is 3.58. The van der Waals surface area contributed by atoms with Gasteiger partial charge in [-0.25, -0.2) is 4.39 Å². The fourth-order valence-electron chi connectivity index (χ4n) is 6.71. The summed E-state index contributed by atoms with van der Waals surface area (Å²) in [5.74, 6) is 0.0919. The standard InChI is InChI=1S/C37H38F4N4O2S/c1-43(2)30-18-20-44(21-19-30)35(47)33(22-24-6-10-26(11-7-24)27-12-14-28(15-13-27)37(39,40)41)45-32-5-3-4-31(32)34(46)42-36(45)48-23-25-8-16-29(38)17-9-25/h6-17,30,33H,3-5,18-23H2,1-2H3. The first-order chi connectivity index (χ1) is 23.0. The van der Waals surface area contributed by atoms with E-state index in [1.54, 1.807) is 12.1 Å². The van der Waals surface area contributed by atoms with Crippen molar-refractivity contribution in [2.45, 2.75) is 67.7 Å². The number of hydrogen-bond acceptors (Lipinski definition) is 5. The first kappa shape index (κ1) is 33.9. The van der Waals surface area contributed by atoms with E-state index in [-0.39, 0.29) is 17.3 Å². The number of alkyl halides is 3. The van der Waals surface area contributed by atoms with Crippen LogP contribution in [0.3, 0.4) is 0 Å². The number of thioether (sulfide) groups is 1. The van der Waals surface area contributed by atoms with E-state index in [0.717, 1.165) is 53.8 Å². The van der Waals surface area contributed by atoms with Gasteiger partial charge in [0.25, 0.3) is 5.56 Å². The summed E-state index contributed by atoms with van der Waals surface area (Å²) in [5, 5.41) is 0.466. The molecular formula is C37H38F4N4O2S. The molecule has 6 nitrogen and oxygen atoms in total. The van der Waals surface area contributed by atoms with Gasteiger partial charge in [0.15, 0.2) is 5.16 Å². The molecule has 1 unspecified atom stereocenters. The lowest BCUT2D eigenvalue weighted by Gasteiger charge is -2.38. The normalized spacial score (nSPS) is 15.9. The number of carbonyl (C=O) groups excluding carboxylic acids is 1. The number of benzene rings is 3. The number of amides is 1. The van der Waals surface area contributed by atoms with Crippen molar-refractivity contribution in [3.8, 4) is 11.1 Å². The summed E-state index contributed by atoms with van der Waals surface area (Å²) in [4.78, 5) is 36.4. The summed E-state index contributed by atoms with van der Waals surface area (Å²) in [7, 11) is 4.11. The number of rotatable bonds is 9. The quantitative estimate of drug-likeness (QED) is 0.107. The molecule has 0 bridgehead atoms. The van der Waals surface area contributed by atoms with Crippen molar-refractivity contribution < 1.29 is 22.4 Å². The monoisotopic (exact) mass is 678 g/mol. The van der Waals surface area contributed by atoms with Crippen LogP contribution in [0.5, 0.6) is 0 Å². The lowest BCUT2D eigenvalue weighted by atomic mass is 9.97. The van der Waals surface area contributed by atoms with Crippen molar-refractivity contribution in [2.75, 3.05) is 27.2 Å². The molecule has 6 rings (SSSR count). The lowest BCUT2D eigenvalue weighted by Crippen LogP contribution is -2.47. The van der Waals surface area contributed by atoms with Crippen LogP contribution in [0.4, 0.5) is 17.6 Å². The fourth-order valence-corrected chi connectivity index (χ4v) is 7.72. The maximum absolute atomic E-state index is 14.6. The van der Waals surface area contributed by atoms with E-state index in [1.807, 2.05) is 33.7 Å². The Morgan fingerprint density at radius 3 is 2.12 bits per heavy atom. The van der Waals surface area contributed by atoms with Gasteiger partial charge in [-0.1, -0.05) is 60.3 Å². The highest BCUT2D eigenvalue weighted by atomic mass is 32.2. The Bertz CT molecular complexity index is 1800. The summed E-state index contributed by atoms with van der Waals surface area (Å²) in [5.41, 5.74) is 3.72. The smallest absolute Gasteiger partial charge is 0.341 e. The molecule has 11 heteroatoms. The van der Waals surface area contributed by atoms with Gasteiger partial charge in [-0.3, -0.25) is 9.59 Å². The van der Waals surface area contributed by atoms with E-state index in [1.165, 1.54) is 36.0 Å². The van der Waals surface area contributed by atoms with Gasteiger partial charge in [-0.15, -0.1) is 0 Å². The molecule has 0 saturated carbocycles. The topological polar surface area (TPSA) is 58.4 Å². The zero-order valence-corrected chi connectivity index (χ0v) is 27.8. The van der Waals surface area contributed by atoms with Gasteiger partial charge in [0.05, 0.1) is 5.56 Å². The summed E-state index contributed by atoms with van der Waals surface area (Å²) in [6, 6.07) is 18.6. The van der Waals surface area contributed by atoms with Crippen LogP contribution in [-0.4, -0.2) is 58.5 Å². The predicted octanol–water partition coefficient (Wildman–Crippen LogP) is 7.19. The molecule has 0 radical (unpaired) electrons. The molecular weight excluding hydrogens is 640 g/mol. The molecule has 2 heterocycles. The fraction of sp³-hybridized carbons (Fsp3) is 0.378. The van der Waals surface area contributed by atoms with Crippen LogP contribution in [0, 0.1) is 5.82 Å². The van der Waals surface area contributed by atoms with Crippen LogP contribution in [0.25, 0.3) is 11.1 Å². The molecule has 0 spiro atoms. The van der Waals surface area contributed by atoms with Crippen molar-refractivity contribution in [1.29, 1.82) is 0 Å². The van der Waals surface area contributed by atoms with E-state index < -0.39 is 17.8 Å². The van der Waals surface area contributed by atoms with Crippen LogP contribution in [0.15, 0.2) is 82.7 Å². The van der Waals surface area contributed by atoms with E-state index in [9.17, 15) is 27.2 Å². The second kappa shape index (κ2) is 14.3. The van der Waals surface area contributed by atoms with Gasteiger partial charge in [0, 0.05) is 42.6 Å². The Morgan fingerprint density at radius 1 is 0.917 bits per heavy atom. The maximum Gasteiger partial charge on any atom is 0.416 e. The molecule has 1 aromatic heterocycles. The Labute approximate surface area is 281 Å². The van der Waals surface area contributed by atoms with Gasteiger partial charge in [-0.05, 0) is 92.7 Å². The molecule has 1 aliphatic carbocycles. The number of aromatic nitrogens is 2. The molecule has 1 aliphatic heterocycles. The first-order valence-electron chi connectivity index (χ1n) is 16.2. The summed E-state index contributed by atoms with van der Waals surface area (Å²) < 4.78 is 54.9. The van der Waals surface area contributed by atoms with E-state index in [4.69, 9.17) is 0 Å². The van der Waals surface area contributed by atoms with Crippen LogP contribution >= 0.6 is 11.8 Å². The third-order valence-electron chi connectivity index (χ3n) is 9.45. The van der Waals surface area contributed by atoms with Gasteiger partial charge in [0.1, 0.15) is 11.9 Å². The van der Waals surface area contributed by atoms with Gasteiger partial charge in [0.2, 0.25) is 5.91 Å².